The van der Waals surface area contributed by atoms with E-state index in [-0.39, 0.29) is 12.0 Å². The first kappa shape index (κ1) is 20.4. The highest BCUT2D eigenvalue weighted by atomic mass is 16.6. The molecule has 2 aliphatic heterocycles. The molecule has 0 radical (unpaired) electrons. The molecule has 3 aromatic carbocycles. The van der Waals surface area contributed by atoms with Gasteiger partial charge in [0, 0.05) is 17.5 Å². The molecule has 5 rings (SSSR count). The van der Waals surface area contributed by atoms with E-state index in [9.17, 15) is 4.79 Å². The number of carbonyl (C=O) groups is 1. The first-order valence-corrected chi connectivity index (χ1v) is 10.6. The van der Waals surface area contributed by atoms with E-state index in [0.717, 1.165) is 28.1 Å². The van der Waals surface area contributed by atoms with Gasteiger partial charge in [0.05, 0.1) is 23.5 Å². The molecule has 154 valence electrons. The Hall–Kier alpha value is -3.84. The zero-order chi connectivity index (χ0) is 21.6. The summed E-state index contributed by atoms with van der Waals surface area (Å²) in [7, 11) is 0. The van der Waals surface area contributed by atoms with E-state index in [1.165, 1.54) is 0 Å². The minimum absolute atomic E-state index is 0.0705. The highest BCUT2D eigenvalue weighted by molar-refractivity contribution is 6.09. The third-order valence-electron chi connectivity index (χ3n) is 5.16. The normalized spacial score (nSPS) is 16.2. The minimum atomic E-state index is -0.207. The number of rotatable bonds is 3. The van der Waals surface area contributed by atoms with Crippen LogP contribution in [0.5, 0.6) is 0 Å². The summed E-state index contributed by atoms with van der Waals surface area (Å²) in [6.45, 7) is 4.41. The van der Waals surface area contributed by atoms with Gasteiger partial charge in [-0.1, -0.05) is 85.4 Å². The Morgan fingerprint density at radius 2 is 1.55 bits per heavy atom. The van der Waals surface area contributed by atoms with Gasteiger partial charge in [0.1, 0.15) is 0 Å². The summed E-state index contributed by atoms with van der Waals surface area (Å²) in [6.07, 6.45) is 0.449. The van der Waals surface area contributed by atoms with E-state index in [1.54, 1.807) is 4.90 Å². The van der Waals surface area contributed by atoms with Crippen molar-refractivity contribution in [3.05, 3.63) is 101 Å². The molecule has 0 aromatic heterocycles. The number of carbonyl (C=O) groups excluding carboxylic acids is 1. The van der Waals surface area contributed by atoms with Crippen LogP contribution in [0.2, 0.25) is 0 Å². The summed E-state index contributed by atoms with van der Waals surface area (Å²) in [4.78, 5) is 20.9. The maximum Gasteiger partial charge on any atom is 0.259 e. The summed E-state index contributed by atoms with van der Waals surface area (Å²) >= 11 is 0. The molecule has 4 heteroatoms. The number of hydrogen-bond donors (Lipinski definition) is 0. The number of fused-ring (bicyclic) bond motifs is 2. The Balaban J connectivity index is 0.00000112. The van der Waals surface area contributed by atoms with E-state index in [1.807, 2.05) is 92.7 Å². The van der Waals surface area contributed by atoms with Crippen molar-refractivity contribution >= 4 is 17.3 Å². The van der Waals surface area contributed by atoms with E-state index >= 15 is 0 Å². The lowest BCUT2D eigenvalue weighted by molar-refractivity contribution is 0.0817. The second-order valence-electron chi connectivity index (χ2n) is 7.06. The molecular weight excluding hydrogens is 384 g/mol. The summed E-state index contributed by atoms with van der Waals surface area (Å²) in [6, 6.07) is 25.2. The summed E-state index contributed by atoms with van der Waals surface area (Å²) < 4.78 is 0. The number of amides is 1. The smallest absolute Gasteiger partial charge is 0.259 e. The van der Waals surface area contributed by atoms with Crippen LogP contribution in [0.1, 0.15) is 47.3 Å². The molecule has 1 unspecified atom stereocenters. The number of hydrogen-bond acceptors (Lipinski definition) is 3. The number of nitrogens with zero attached hydrogens (tertiary/aromatic N) is 2. The van der Waals surface area contributed by atoms with Crippen LogP contribution in [0.3, 0.4) is 0 Å². The van der Waals surface area contributed by atoms with Crippen LogP contribution in [0, 0.1) is 11.8 Å². The second-order valence-corrected chi connectivity index (χ2v) is 7.06. The summed E-state index contributed by atoms with van der Waals surface area (Å²) in [5.41, 5.74) is 4.94. The number of benzene rings is 3. The maximum atomic E-state index is 13.5. The molecule has 0 N–H and O–H groups in total. The predicted octanol–water partition coefficient (Wildman–Crippen LogP) is 5.27. The molecule has 1 atom stereocenters. The van der Waals surface area contributed by atoms with Crippen molar-refractivity contribution in [3.63, 3.8) is 0 Å². The van der Waals surface area contributed by atoms with E-state index in [0.29, 0.717) is 18.5 Å². The molecule has 0 fully saturated rings. The monoisotopic (exact) mass is 408 g/mol. The lowest BCUT2D eigenvalue weighted by Gasteiger charge is -2.27. The number of anilines is 1. The van der Waals surface area contributed by atoms with Gasteiger partial charge >= 0.3 is 0 Å². The van der Waals surface area contributed by atoms with Crippen LogP contribution in [0.15, 0.2) is 84.0 Å². The van der Waals surface area contributed by atoms with Crippen molar-refractivity contribution in [2.45, 2.75) is 26.4 Å². The van der Waals surface area contributed by atoms with E-state index < -0.39 is 0 Å². The SMILES string of the molecule is CC.O=C1c2ccccc2C#Cc2ccccc2N1CC1CC(c2ccccc2)=NO1. The average Bonchev–Trinajstić information content (AvgIpc) is 3.31. The van der Waals surface area contributed by atoms with Crippen molar-refractivity contribution in [1.29, 1.82) is 0 Å². The average molecular weight is 409 g/mol. The largest absolute Gasteiger partial charge is 0.390 e. The van der Waals surface area contributed by atoms with Gasteiger partial charge in [-0.25, -0.2) is 0 Å². The fourth-order valence-corrected chi connectivity index (χ4v) is 3.70. The zero-order valence-electron chi connectivity index (χ0n) is 17.7. The first-order chi connectivity index (χ1) is 15.3. The molecule has 31 heavy (non-hydrogen) atoms. The molecule has 3 aromatic rings. The standard InChI is InChI=1S/C25H18N2O2.C2H6/c28-25-22-12-6-4-8-18(22)14-15-20-11-5-7-13-24(20)27(25)17-21-16-23(26-29-21)19-9-2-1-3-10-19;1-2/h1-13,21H,16-17H2;1-2H3. The van der Waals surface area contributed by atoms with Crippen molar-refractivity contribution < 1.29 is 9.63 Å². The summed E-state index contributed by atoms with van der Waals surface area (Å²) in [5, 5.41) is 4.27. The van der Waals surface area contributed by atoms with Crippen LogP contribution in [-0.4, -0.2) is 24.3 Å². The lowest BCUT2D eigenvalue weighted by atomic mass is 10.0. The third-order valence-corrected chi connectivity index (χ3v) is 5.16. The Kier molecular flexibility index (Phi) is 6.14. The fraction of sp³-hybridized carbons (Fsp3) is 0.185. The van der Waals surface area contributed by atoms with Crippen LogP contribution in [0.25, 0.3) is 0 Å². The van der Waals surface area contributed by atoms with Gasteiger partial charge in [0.25, 0.3) is 5.91 Å². The van der Waals surface area contributed by atoms with Crippen LogP contribution in [0.4, 0.5) is 5.69 Å². The highest BCUT2D eigenvalue weighted by Gasteiger charge is 2.30. The molecule has 4 nitrogen and oxygen atoms in total. The lowest BCUT2D eigenvalue weighted by Crippen LogP contribution is -2.39. The van der Waals surface area contributed by atoms with E-state index in [2.05, 4.69) is 17.0 Å². The van der Waals surface area contributed by atoms with Crippen molar-refractivity contribution in [3.8, 4) is 11.8 Å². The Morgan fingerprint density at radius 3 is 2.35 bits per heavy atom. The number of oxime groups is 1. The zero-order valence-corrected chi connectivity index (χ0v) is 17.7. The molecule has 1 amide bonds. The molecule has 2 aliphatic rings. The number of para-hydroxylation sites is 1. The van der Waals surface area contributed by atoms with Crippen LogP contribution < -0.4 is 4.90 Å². The van der Waals surface area contributed by atoms with Gasteiger partial charge in [0.2, 0.25) is 0 Å². The predicted molar refractivity (Wildman–Crippen MR) is 124 cm³/mol. The Bertz CT molecular complexity index is 1170. The van der Waals surface area contributed by atoms with Gasteiger partial charge in [0.15, 0.2) is 6.10 Å². The van der Waals surface area contributed by atoms with Gasteiger partial charge in [-0.05, 0) is 29.8 Å². The molecule has 0 saturated carbocycles. The quantitative estimate of drug-likeness (QED) is 0.554. The minimum Gasteiger partial charge on any atom is -0.390 e. The van der Waals surface area contributed by atoms with Crippen molar-refractivity contribution in [1.82, 2.24) is 0 Å². The van der Waals surface area contributed by atoms with Crippen molar-refractivity contribution in [2.24, 2.45) is 5.16 Å². The molecule has 0 saturated heterocycles. The topological polar surface area (TPSA) is 41.9 Å². The Labute approximate surface area is 183 Å². The maximum absolute atomic E-state index is 13.5. The summed E-state index contributed by atoms with van der Waals surface area (Å²) in [5.74, 6) is 6.29. The van der Waals surface area contributed by atoms with Gasteiger partial charge in [-0.15, -0.1) is 0 Å². The van der Waals surface area contributed by atoms with E-state index in [4.69, 9.17) is 4.84 Å². The molecule has 0 spiro atoms. The van der Waals surface area contributed by atoms with Gasteiger partial charge in [-0.2, -0.15) is 0 Å². The van der Waals surface area contributed by atoms with Gasteiger partial charge < -0.3 is 9.74 Å². The van der Waals surface area contributed by atoms with Crippen LogP contribution >= 0.6 is 0 Å². The third kappa shape index (κ3) is 4.22. The van der Waals surface area contributed by atoms with Crippen molar-refractivity contribution in [2.75, 3.05) is 11.4 Å². The molecule has 0 aliphatic carbocycles. The van der Waals surface area contributed by atoms with Crippen LogP contribution in [-0.2, 0) is 4.84 Å². The Morgan fingerprint density at radius 1 is 0.903 bits per heavy atom. The highest BCUT2D eigenvalue weighted by Crippen LogP contribution is 2.27. The molecule has 2 heterocycles. The fourth-order valence-electron chi connectivity index (χ4n) is 3.70. The molecular formula is C27H24N2O2. The second kappa shape index (κ2) is 9.32. The molecule has 0 bridgehead atoms. The first-order valence-electron chi connectivity index (χ1n) is 10.6. The van der Waals surface area contributed by atoms with Gasteiger partial charge in [-0.3, -0.25) is 4.79 Å².